The van der Waals surface area contributed by atoms with Gasteiger partial charge in [-0.15, -0.1) is 0 Å². The van der Waals surface area contributed by atoms with Crippen molar-refractivity contribution in [2.45, 2.75) is 44.0 Å². The summed E-state index contributed by atoms with van der Waals surface area (Å²) in [6, 6.07) is 8.55. The van der Waals surface area contributed by atoms with Gasteiger partial charge in [0.25, 0.3) is 10.0 Å². The molecular weight excluding hydrogens is 435 g/mol. The van der Waals surface area contributed by atoms with Gasteiger partial charge in [0.15, 0.2) is 0 Å². The Hall–Kier alpha value is -2.94. The highest BCUT2D eigenvalue weighted by Crippen LogP contribution is 2.39. The molecule has 170 valence electrons. The SMILES string of the molecule is COc1ccc(CN2C(=O)[C@@H]3CCCC[C@H]3C2=O)cc1S(=O)(=O)Nc1ccc(C)c(F)c1. The molecule has 1 aliphatic carbocycles. The summed E-state index contributed by atoms with van der Waals surface area (Å²) in [7, 11) is -2.77. The van der Waals surface area contributed by atoms with Crippen LogP contribution in [-0.2, 0) is 26.2 Å². The summed E-state index contributed by atoms with van der Waals surface area (Å²) in [5, 5.41) is 0. The van der Waals surface area contributed by atoms with E-state index in [1.807, 2.05) is 0 Å². The molecule has 2 aromatic carbocycles. The summed E-state index contributed by atoms with van der Waals surface area (Å²) in [6.45, 7) is 1.58. The molecule has 0 radical (unpaired) electrons. The number of imide groups is 1. The van der Waals surface area contributed by atoms with Crippen LogP contribution < -0.4 is 9.46 Å². The van der Waals surface area contributed by atoms with Crippen molar-refractivity contribution in [3.8, 4) is 5.75 Å². The second-order valence-corrected chi connectivity index (χ2v) is 9.97. The molecule has 1 saturated heterocycles. The van der Waals surface area contributed by atoms with Crippen molar-refractivity contribution in [3.63, 3.8) is 0 Å². The highest BCUT2D eigenvalue weighted by Gasteiger charge is 2.47. The van der Waals surface area contributed by atoms with Crippen molar-refractivity contribution in [1.82, 2.24) is 4.90 Å². The Bertz CT molecular complexity index is 1160. The number of anilines is 1. The summed E-state index contributed by atoms with van der Waals surface area (Å²) >= 11 is 0. The van der Waals surface area contributed by atoms with Gasteiger partial charge in [-0.05, 0) is 55.2 Å². The topological polar surface area (TPSA) is 92.8 Å². The summed E-state index contributed by atoms with van der Waals surface area (Å²) < 4.78 is 47.5. The number of benzene rings is 2. The van der Waals surface area contributed by atoms with Gasteiger partial charge in [-0.25, -0.2) is 12.8 Å². The van der Waals surface area contributed by atoms with Crippen molar-refractivity contribution in [2.75, 3.05) is 11.8 Å². The summed E-state index contributed by atoms with van der Waals surface area (Å²) in [5.41, 5.74) is 0.962. The number of halogens is 1. The molecule has 0 bridgehead atoms. The lowest BCUT2D eigenvalue weighted by atomic mass is 9.81. The molecule has 2 atom stereocenters. The Kier molecular flexibility index (Phi) is 5.94. The van der Waals surface area contributed by atoms with Crippen LogP contribution >= 0.6 is 0 Å². The molecular formula is C23H25FN2O5S. The van der Waals surface area contributed by atoms with Crippen LogP contribution in [0.25, 0.3) is 0 Å². The first-order valence-corrected chi connectivity index (χ1v) is 12.0. The number of nitrogens with one attached hydrogen (secondary N) is 1. The predicted molar refractivity (Wildman–Crippen MR) is 116 cm³/mol. The minimum Gasteiger partial charge on any atom is -0.495 e. The van der Waals surface area contributed by atoms with Crippen LogP contribution in [0.15, 0.2) is 41.3 Å². The van der Waals surface area contributed by atoms with Gasteiger partial charge in [0, 0.05) is 0 Å². The highest BCUT2D eigenvalue weighted by atomic mass is 32.2. The Labute approximate surface area is 186 Å². The van der Waals surface area contributed by atoms with E-state index < -0.39 is 15.8 Å². The van der Waals surface area contributed by atoms with Gasteiger partial charge in [-0.1, -0.05) is 25.0 Å². The molecule has 0 aromatic heterocycles. The first-order valence-electron chi connectivity index (χ1n) is 10.5. The summed E-state index contributed by atoms with van der Waals surface area (Å²) in [5.74, 6) is -1.34. The molecule has 0 spiro atoms. The molecule has 2 fully saturated rings. The molecule has 1 heterocycles. The number of amides is 2. The zero-order valence-electron chi connectivity index (χ0n) is 17.9. The summed E-state index contributed by atoms with van der Waals surface area (Å²) in [4.78, 5) is 26.6. The molecule has 1 saturated carbocycles. The standard InChI is InChI=1S/C23H25FN2O5S/c1-14-7-9-16(12-19(14)24)25-32(29,30)21-11-15(8-10-20(21)31-2)13-26-22(27)17-5-3-4-6-18(17)23(26)28/h7-12,17-18,25H,3-6,13H2,1-2H3/t17-,18-/m1/s1. The molecule has 4 rings (SSSR count). The molecule has 1 N–H and O–H groups in total. The van der Waals surface area contributed by atoms with E-state index in [9.17, 15) is 22.4 Å². The van der Waals surface area contributed by atoms with Gasteiger partial charge in [0.1, 0.15) is 16.5 Å². The molecule has 1 aliphatic heterocycles. The smallest absolute Gasteiger partial charge is 0.265 e. The number of fused-ring (bicyclic) bond motifs is 1. The minimum atomic E-state index is -4.12. The lowest BCUT2D eigenvalue weighted by Gasteiger charge is -2.19. The van der Waals surface area contributed by atoms with Crippen molar-refractivity contribution in [1.29, 1.82) is 0 Å². The van der Waals surface area contributed by atoms with Crippen molar-refractivity contribution < 1.29 is 27.1 Å². The fourth-order valence-electron chi connectivity index (χ4n) is 4.47. The Morgan fingerprint density at radius 2 is 1.72 bits per heavy atom. The van der Waals surface area contributed by atoms with E-state index in [2.05, 4.69) is 4.72 Å². The molecule has 7 nitrogen and oxygen atoms in total. The number of carbonyl (C=O) groups excluding carboxylic acids is 2. The number of rotatable bonds is 6. The van der Waals surface area contributed by atoms with Crippen molar-refractivity contribution >= 4 is 27.5 Å². The molecule has 2 aromatic rings. The lowest BCUT2D eigenvalue weighted by Crippen LogP contribution is -2.30. The third kappa shape index (κ3) is 4.09. The highest BCUT2D eigenvalue weighted by molar-refractivity contribution is 7.92. The van der Waals surface area contributed by atoms with Crippen molar-refractivity contribution in [3.05, 3.63) is 53.3 Å². The maximum absolute atomic E-state index is 13.9. The van der Waals surface area contributed by atoms with E-state index >= 15 is 0 Å². The number of hydrogen-bond donors (Lipinski definition) is 1. The number of ether oxygens (including phenoxy) is 1. The van der Waals surface area contributed by atoms with Gasteiger partial charge in [-0.2, -0.15) is 0 Å². The average molecular weight is 461 g/mol. The van der Waals surface area contributed by atoms with Crippen LogP contribution in [0.2, 0.25) is 0 Å². The maximum atomic E-state index is 13.9. The molecule has 0 unspecified atom stereocenters. The Morgan fingerprint density at radius 3 is 2.31 bits per heavy atom. The van der Waals surface area contributed by atoms with Crippen LogP contribution in [0.1, 0.15) is 36.8 Å². The normalized spacial score (nSPS) is 20.9. The number of carbonyl (C=O) groups is 2. The quantitative estimate of drug-likeness (QED) is 0.665. The third-order valence-electron chi connectivity index (χ3n) is 6.21. The van der Waals surface area contributed by atoms with E-state index in [1.165, 1.54) is 36.3 Å². The number of aryl methyl sites for hydroxylation is 1. The van der Waals surface area contributed by atoms with Gasteiger partial charge in [-0.3, -0.25) is 19.2 Å². The van der Waals surface area contributed by atoms with Crippen LogP contribution in [0.4, 0.5) is 10.1 Å². The van der Waals surface area contributed by atoms with E-state index in [1.54, 1.807) is 13.0 Å². The number of sulfonamides is 1. The number of likely N-dealkylation sites (tertiary alicyclic amines) is 1. The fourth-order valence-corrected chi connectivity index (χ4v) is 5.74. The van der Waals surface area contributed by atoms with Gasteiger partial charge < -0.3 is 4.74 Å². The summed E-state index contributed by atoms with van der Waals surface area (Å²) in [6.07, 6.45) is 3.30. The third-order valence-corrected chi connectivity index (χ3v) is 7.62. The zero-order chi connectivity index (χ0) is 23.0. The fraction of sp³-hybridized carbons (Fsp3) is 0.391. The van der Waals surface area contributed by atoms with Crippen molar-refractivity contribution in [2.24, 2.45) is 11.8 Å². The van der Waals surface area contributed by atoms with Gasteiger partial charge in [0.2, 0.25) is 11.8 Å². The first kappa shape index (κ1) is 22.3. The van der Waals surface area contributed by atoms with Crippen LogP contribution in [0.5, 0.6) is 5.75 Å². The average Bonchev–Trinajstić information content (AvgIpc) is 3.01. The lowest BCUT2D eigenvalue weighted by molar-refractivity contribution is -0.140. The second-order valence-electron chi connectivity index (χ2n) is 8.31. The predicted octanol–water partition coefficient (Wildman–Crippen LogP) is 3.62. The number of nitrogens with zero attached hydrogens (tertiary/aromatic N) is 1. The number of methoxy groups -OCH3 is 1. The van der Waals surface area contributed by atoms with Gasteiger partial charge >= 0.3 is 0 Å². The van der Waals surface area contributed by atoms with E-state index in [-0.39, 0.29) is 46.5 Å². The molecule has 9 heteroatoms. The molecule has 32 heavy (non-hydrogen) atoms. The Balaban J connectivity index is 1.62. The van der Waals surface area contributed by atoms with E-state index in [0.29, 0.717) is 24.0 Å². The van der Waals surface area contributed by atoms with Crippen LogP contribution in [0.3, 0.4) is 0 Å². The zero-order valence-corrected chi connectivity index (χ0v) is 18.7. The first-order chi connectivity index (χ1) is 15.2. The monoisotopic (exact) mass is 460 g/mol. The second kappa shape index (κ2) is 8.54. The van der Waals surface area contributed by atoms with E-state index in [0.717, 1.165) is 18.9 Å². The van der Waals surface area contributed by atoms with Crippen LogP contribution in [-0.4, -0.2) is 32.2 Å². The van der Waals surface area contributed by atoms with Crippen LogP contribution in [0, 0.1) is 24.6 Å². The Morgan fingerprint density at radius 1 is 1.06 bits per heavy atom. The van der Waals surface area contributed by atoms with E-state index in [4.69, 9.17) is 4.74 Å². The number of hydrogen-bond acceptors (Lipinski definition) is 5. The minimum absolute atomic E-state index is 0.00363. The van der Waals surface area contributed by atoms with Gasteiger partial charge in [0.05, 0.1) is 31.2 Å². The largest absolute Gasteiger partial charge is 0.495 e. The molecule has 2 aliphatic rings. The maximum Gasteiger partial charge on any atom is 0.265 e. The molecule has 2 amide bonds.